The van der Waals surface area contributed by atoms with Gasteiger partial charge in [0.15, 0.2) is 0 Å². The Morgan fingerprint density at radius 2 is 2.29 bits per heavy atom. The fraction of sp³-hybridized carbons (Fsp3) is 0.222. The van der Waals surface area contributed by atoms with Crippen molar-refractivity contribution in [3.05, 3.63) is 27.7 Å². The first-order valence-corrected chi connectivity index (χ1v) is 5.24. The van der Waals surface area contributed by atoms with E-state index in [-0.39, 0.29) is 5.91 Å². The molecule has 14 heavy (non-hydrogen) atoms. The van der Waals surface area contributed by atoms with E-state index < -0.39 is 0 Å². The molecule has 0 aliphatic heterocycles. The van der Waals surface area contributed by atoms with Gasteiger partial charge in [0, 0.05) is 23.1 Å². The van der Waals surface area contributed by atoms with Gasteiger partial charge in [0.25, 0.3) is 0 Å². The SMILES string of the molecule is NC(=O)CCNc1ccc(Cl)c(Br)c1. The Balaban J connectivity index is 2.51. The van der Waals surface area contributed by atoms with Crippen LogP contribution in [0.25, 0.3) is 0 Å². The number of rotatable bonds is 4. The number of primary amides is 1. The molecular formula is C9H10BrClN2O. The lowest BCUT2D eigenvalue weighted by Crippen LogP contribution is -2.15. The maximum atomic E-state index is 10.5. The molecule has 1 rings (SSSR count). The summed E-state index contributed by atoms with van der Waals surface area (Å²) in [4.78, 5) is 10.5. The first kappa shape index (κ1) is 11.3. The second kappa shape index (κ2) is 5.22. The molecule has 0 aromatic heterocycles. The highest BCUT2D eigenvalue weighted by atomic mass is 79.9. The molecule has 1 aromatic rings. The van der Waals surface area contributed by atoms with E-state index in [1.807, 2.05) is 12.1 Å². The van der Waals surface area contributed by atoms with Crippen LogP contribution in [0.2, 0.25) is 5.02 Å². The quantitative estimate of drug-likeness (QED) is 0.888. The fourth-order valence-electron chi connectivity index (χ4n) is 0.936. The summed E-state index contributed by atoms with van der Waals surface area (Å²) in [5, 5.41) is 3.71. The number of halogens is 2. The Morgan fingerprint density at radius 3 is 2.86 bits per heavy atom. The summed E-state index contributed by atoms with van der Waals surface area (Å²) >= 11 is 9.12. The van der Waals surface area contributed by atoms with Gasteiger partial charge in [-0.05, 0) is 34.1 Å². The van der Waals surface area contributed by atoms with Gasteiger partial charge in [0.2, 0.25) is 5.91 Å². The summed E-state index contributed by atoms with van der Waals surface area (Å²) in [6.45, 7) is 0.531. The summed E-state index contributed by atoms with van der Waals surface area (Å²) in [7, 11) is 0. The first-order valence-electron chi connectivity index (χ1n) is 4.07. The van der Waals surface area contributed by atoms with E-state index in [0.29, 0.717) is 18.0 Å². The first-order chi connectivity index (χ1) is 6.59. The van der Waals surface area contributed by atoms with Crippen LogP contribution in [0.5, 0.6) is 0 Å². The average Bonchev–Trinajstić information content (AvgIpc) is 2.10. The molecule has 0 atom stereocenters. The number of hydrogen-bond donors (Lipinski definition) is 2. The molecule has 1 aromatic carbocycles. The van der Waals surface area contributed by atoms with Crippen molar-refractivity contribution < 1.29 is 4.79 Å². The Kier molecular flexibility index (Phi) is 4.22. The van der Waals surface area contributed by atoms with Gasteiger partial charge in [-0.3, -0.25) is 4.79 Å². The van der Waals surface area contributed by atoms with E-state index in [0.717, 1.165) is 10.2 Å². The van der Waals surface area contributed by atoms with Crippen molar-refractivity contribution in [1.29, 1.82) is 0 Å². The third kappa shape index (κ3) is 3.55. The van der Waals surface area contributed by atoms with Crippen molar-refractivity contribution in [2.75, 3.05) is 11.9 Å². The number of hydrogen-bond acceptors (Lipinski definition) is 2. The van der Waals surface area contributed by atoms with E-state index in [1.54, 1.807) is 6.07 Å². The summed E-state index contributed by atoms with van der Waals surface area (Å²) in [6, 6.07) is 5.47. The molecule has 0 fully saturated rings. The zero-order chi connectivity index (χ0) is 10.6. The van der Waals surface area contributed by atoms with Crippen LogP contribution >= 0.6 is 27.5 Å². The summed E-state index contributed by atoms with van der Waals surface area (Å²) in [6.07, 6.45) is 0.320. The third-order valence-electron chi connectivity index (χ3n) is 1.62. The molecule has 0 bridgehead atoms. The highest BCUT2D eigenvalue weighted by Gasteiger charge is 1.99. The minimum atomic E-state index is -0.314. The van der Waals surface area contributed by atoms with Gasteiger partial charge in [-0.1, -0.05) is 11.6 Å². The van der Waals surface area contributed by atoms with Crippen molar-refractivity contribution in [1.82, 2.24) is 0 Å². The number of benzene rings is 1. The minimum Gasteiger partial charge on any atom is -0.384 e. The summed E-state index contributed by atoms with van der Waals surface area (Å²) in [5.74, 6) is -0.314. The van der Waals surface area contributed by atoms with Crippen LogP contribution in [0.15, 0.2) is 22.7 Å². The predicted octanol–water partition coefficient (Wildman–Crippen LogP) is 2.39. The molecule has 0 heterocycles. The Bertz CT molecular complexity index is 344. The smallest absolute Gasteiger partial charge is 0.219 e. The zero-order valence-corrected chi connectivity index (χ0v) is 9.73. The van der Waals surface area contributed by atoms with E-state index >= 15 is 0 Å². The molecule has 1 amide bonds. The lowest BCUT2D eigenvalue weighted by molar-refractivity contribution is -0.117. The van der Waals surface area contributed by atoms with Crippen molar-refractivity contribution in [3.63, 3.8) is 0 Å². The molecule has 5 heteroatoms. The van der Waals surface area contributed by atoms with Crippen LogP contribution in [-0.4, -0.2) is 12.5 Å². The topological polar surface area (TPSA) is 55.1 Å². The lowest BCUT2D eigenvalue weighted by Gasteiger charge is -2.05. The van der Waals surface area contributed by atoms with Gasteiger partial charge in [-0.2, -0.15) is 0 Å². The van der Waals surface area contributed by atoms with Crippen molar-refractivity contribution in [2.45, 2.75) is 6.42 Å². The van der Waals surface area contributed by atoms with Gasteiger partial charge >= 0.3 is 0 Å². The van der Waals surface area contributed by atoms with Crippen molar-refractivity contribution in [3.8, 4) is 0 Å². The molecule has 0 saturated carbocycles. The van der Waals surface area contributed by atoms with Crippen LogP contribution in [0.4, 0.5) is 5.69 Å². The molecule has 0 saturated heterocycles. The number of amides is 1. The molecule has 0 radical (unpaired) electrons. The highest BCUT2D eigenvalue weighted by molar-refractivity contribution is 9.10. The van der Waals surface area contributed by atoms with Gasteiger partial charge < -0.3 is 11.1 Å². The lowest BCUT2D eigenvalue weighted by atomic mass is 10.3. The van der Waals surface area contributed by atoms with E-state index in [2.05, 4.69) is 21.2 Å². The highest BCUT2D eigenvalue weighted by Crippen LogP contribution is 2.25. The number of nitrogens with two attached hydrogens (primary N) is 1. The molecule has 0 spiro atoms. The summed E-state index contributed by atoms with van der Waals surface area (Å²) < 4.78 is 0.822. The van der Waals surface area contributed by atoms with Crippen LogP contribution in [0.1, 0.15) is 6.42 Å². The summed E-state index contributed by atoms with van der Waals surface area (Å²) in [5.41, 5.74) is 5.91. The van der Waals surface area contributed by atoms with E-state index in [4.69, 9.17) is 17.3 Å². The fourth-order valence-corrected chi connectivity index (χ4v) is 1.43. The largest absolute Gasteiger partial charge is 0.384 e. The number of carbonyl (C=O) groups is 1. The standard InChI is InChI=1S/C9H10BrClN2O/c10-7-5-6(1-2-8(7)11)13-4-3-9(12)14/h1-2,5,13H,3-4H2,(H2,12,14). The van der Waals surface area contributed by atoms with Crippen molar-refractivity contribution >= 4 is 39.1 Å². The Morgan fingerprint density at radius 1 is 1.57 bits per heavy atom. The Labute approximate surface area is 95.7 Å². The van der Waals surface area contributed by atoms with Gasteiger partial charge in [0.1, 0.15) is 0 Å². The molecule has 0 aliphatic carbocycles. The predicted molar refractivity (Wildman–Crippen MR) is 61.5 cm³/mol. The number of carbonyl (C=O) groups excluding carboxylic acids is 1. The number of nitrogens with one attached hydrogen (secondary N) is 1. The van der Waals surface area contributed by atoms with Crippen molar-refractivity contribution in [2.24, 2.45) is 5.73 Å². The molecule has 3 N–H and O–H groups in total. The second-order valence-electron chi connectivity index (χ2n) is 2.77. The molecule has 76 valence electrons. The van der Waals surface area contributed by atoms with E-state index in [9.17, 15) is 4.79 Å². The van der Waals surface area contributed by atoms with Gasteiger partial charge in [0.05, 0.1) is 5.02 Å². The average molecular weight is 278 g/mol. The molecule has 0 aliphatic rings. The molecule has 3 nitrogen and oxygen atoms in total. The third-order valence-corrected chi connectivity index (χ3v) is 2.83. The monoisotopic (exact) mass is 276 g/mol. The Hall–Kier alpha value is -0.740. The van der Waals surface area contributed by atoms with Crippen LogP contribution in [-0.2, 0) is 4.79 Å². The minimum absolute atomic E-state index is 0.314. The zero-order valence-electron chi connectivity index (χ0n) is 7.39. The van der Waals surface area contributed by atoms with E-state index in [1.165, 1.54) is 0 Å². The second-order valence-corrected chi connectivity index (χ2v) is 4.03. The maximum Gasteiger partial charge on any atom is 0.219 e. The van der Waals surface area contributed by atoms with Crippen LogP contribution in [0.3, 0.4) is 0 Å². The number of anilines is 1. The maximum absolute atomic E-state index is 10.5. The molecule has 0 unspecified atom stereocenters. The van der Waals surface area contributed by atoms with Crippen LogP contribution in [0, 0.1) is 0 Å². The van der Waals surface area contributed by atoms with Crippen LogP contribution < -0.4 is 11.1 Å². The molecular weight excluding hydrogens is 267 g/mol. The normalized spacial score (nSPS) is 9.86. The van der Waals surface area contributed by atoms with Gasteiger partial charge in [-0.25, -0.2) is 0 Å². The van der Waals surface area contributed by atoms with Gasteiger partial charge in [-0.15, -0.1) is 0 Å².